The van der Waals surface area contributed by atoms with Crippen molar-refractivity contribution in [1.82, 2.24) is 4.90 Å². The molecule has 1 aliphatic heterocycles. The quantitative estimate of drug-likeness (QED) is 0.595. The number of nitrogens with two attached hydrogens (primary N) is 1. The fraction of sp³-hybridized carbons (Fsp3) is 0.417. The lowest BCUT2D eigenvalue weighted by molar-refractivity contribution is -0.117. The standard InChI is InChI=1S/C12H17N3O/c13-11-3-1-4-12(9-11)15-6-2-5-14(10-16)7-8-15/h1,3-4,9-10H,2,5-8,13H2. The van der Waals surface area contributed by atoms with Gasteiger partial charge in [-0.15, -0.1) is 0 Å². The SMILES string of the molecule is Nc1cccc(N2CCCN(C=O)CC2)c1. The molecule has 1 saturated heterocycles. The molecule has 0 saturated carbocycles. The summed E-state index contributed by atoms with van der Waals surface area (Å²) < 4.78 is 0. The summed E-state index contributed by atoms with van der Waals surface area (Å²) in [6.07, 6.45) is 1.94. The molecule has 0 bridgehead atoms. The first-order valence-corrected chi connectivity index (χ1v) is 5.59. The Kier molecular flexibility index (Phi) is 3.29. The summed E-state index contributed by atoms with van der Waals surface area (Å²) in [6.45, 7) is 3.50. The van der Waals surface area contributed by atoms with E-state index in [0.717, 1.165) is 50.4 Å². The van der Waals surface area contributed by atoms with Gasteiger partial charge in [-0.2, -0.15) is 0 Å². The number of rotatable bonds is 2. The largest absolute Gasteiger partial charge is 0.399 e. The van der Waals surface area contributed by atoms with E-state index in [2.05, 4.69) is 11.0 Å². The van der Waals surface area contributed by atoms with Gasteiger partial charge in [0.25, 0.3) is 0 Å². The number of nitrogen functional groups attached to an aromatic ring is 1. The molecule has 1 aromatic rings. The molecule has 4 nitrogen and oxygen atoms in total. The molecule has 0 atom stereocenters. The lowest BCUT2D eigenvalue weighted by atomic mass is 10.2. The highest BCUT2D eigenvalue weighted by Gasteiger charge is 2.13. The Morgan fingerprint density at radius 2 is 2.06 bits per heavy atom. The smallest absolute Gasteiger partial charge is 0.209 e. The van der Waals surface area contributed by atoms with Gasteiger partial charge in [0.1, 0.15) is 0 Å². The van der Waals surface area contributed by atoms with Gasteiger partial charge in [0.15, 0.2) is 0 Å². The minimum atomic E-state index is 0.786. The molecule has 0 spiro atoms. The molecular weight excluding hydrogens is 202 g/mol. The van der Waals surface area contributed by atoms with Crippen LogP contribution in [0.3, 0.4) is 0 Å². The highest BCUT2D eigenvalue weighted by molar-refractivity contribution is 5.56. The van der Waals surface area contributed by atoms with E-state index in [1.807, 2.05) is 23.1 Å². The summed E-state index contributed by atoms with van der Waals surface area (Å²) >= 11 is 0. The number of anilines is 2. The number of nitrogens with zero attached hydrogens (tertiary/aromatic N) is 2. The molecule has 4 heteroatoms. The third-order valence-electron chi connectivity index (χ3n) is 2.91. The molecule has 0 radical (unpaired) electrons. The minimum absolute atomic E-state index is 0.786. The van der Waals surface area contributed by atoms with Crippen molar-refractivity contribution < 1.29 is 4.79 Å². The number of benzene rings is 1. The average molecular weight is 219 g/mol. The summed E-state index contributed by atoms with van der Waals surface area (Å²) in [4.78, 5) is 14.8. The van der Waals surface area contributed by atoms with E-state index in [4.69, 9.17) is 5.73 Å². The van der Waals surface area contributed by atoms with Crippen LogP contribution in [0.15, 0.2) is 24.3 Å². The van der Waals surface area contributed by atoms with Gasteiger partial charge in [-0.3, -0.25) is 4.79 Å². The second kappa shape index (κ2) is 4.88. The summed E-state index contributed by atoms with van der Waals surface area (Å²) in [7, 11) is 0. The van der Waals surface area contributed by atoms with Gasteiger partial charge >= 0.3 is 0 Å². The van der Waals surface area contributed by atoms with Crippen LogP contribution in [-0.4, -0.2) is 37.5 Å². The van der Waals surface area contributed by atoms with Crippen molar-refractivity contribution in [2.24, 2.45) is 0 Å². The van der Waals surface area contributed by atoms with Crippen molar-refractivity contribution >= 4 is 17.8 Å². The van der Waals surface area contributed by atoms with E-state index in [9.17, 15) is 4.79 Å². The molecule has 0 aliphatic carbocycles. The number of amides is 1. The van der Waals surface area contributed by atoms with Gasteiger partial charge in [-0.25, -0.2) is 0 Å². The summed E-state index contributed by atoms with van der Waals surface area (Å²) in [5.41, 5.74) is 7.70. The van der Waals surface area contributed by atoms with Crippen LogP contribution in [0.5, 0.6) is 0 Å². The Balaban J connectivity index is 2.07. The monoisotopic (exact) mass is 219 g/mol. The van der Waals surface area contributed by atoms with Crippen LogP contribution in [0.4, 0.5) is 11.4 Å². The van der Waals surface area contributed by atoms with Crippen molar-refractivity contribution in [2.75, 3.05) is 36.8 Å². The van der Waals surface area contributed by atoms with Crippen LogP contribution >= 0.6 is 0 Å². The van der Waals surface area contributed by atoms with Crippen LogP contribution in [0.1, 0.15) is 6.42 Å². The van der Waals surface area contributed by atoms with E-state index in [1.54, 1.807) is 0 Å². The van der Waals surface area contributed by atoms with Gasteiger partial charge in [-0.1, -0.05) is 6.07 Å². The minimum Gasteiger partial charge on any atom is -0.399 e. The highest BCUT2D eigenvalue weighted by atomic mass is 16.1. The van der Waals surface area contributed by atoms with Crippen LogP contribution in [0.25, 0.3) is 0 Å². The summed E-state index contributed by atoms with van der Waals surface area (Å²) in [6, 6.07) is 7.90. The second-order valence-corrected chi connectivity index (χ2v) is 4.08. The first-order chi connectivity index (χ1) is 7.79. The third kappa shape index (κ3) is 2.45. The van der Waals surface area contributed by atoms with Crippen molar-refractivity contribution in [3.8, 4) is 0 Å². The maximum absolute atomic E-state index is 10.7. The molecule has 1 aliphatic rings. The second-order valence-electron chi connectivity index (χ2n) is 4.08. The Labute approximate surface area is 95.6 Å². The van der Waals surface area contributed by atoms with Crippen LogP contribution in [0.2, 0.25) is 0 Å². The molecule has 2 rings (SSSR count). The maximum atomic E-state index is 10.7. The molecule has 0 unspecified atom stereocenters. The molecule has 2 N–H and O–H groups in total. The Bertz CT molecular complexity index is 367. The normalized spacial score (nSPS) is 17.0. The highest BCUT2D eigenvalue weighted by Crippen LogP contribution is 2.18. The first-order valence-electron chi connectivity index (χ1n) is 5.59. The lowest BCUT2D eigenvalue weighted by Gasteiger charge is -2.22. The van der Waals surface area contributed by atoms with E-state index >= 15 is 0 Å². The summed E-state index contributed by atoms with van der Waals surface area (Å²) in [5.74, 6) is 0. The number of carbonyl (C=O) groups excluding carboxylic acids is 1. The van der Waals surface area contributed by atoms with Crippen LogP contribution < -0.4 is 10.6 Å². The van der Waals surface area contributed by atoms with Gasteiger partial charge in [-0.05, 0) is 24.6 Å². The maximum Gasteiger partial charge on any atom is 0.209 e. The van der Waals surface area contributed by atoms with Crippen molar-refractivity contribution in [2.45, 2.75) is 6.42 Å². The Hall–Kier alpha value is -1.71. The van der Waals surface area contributed by atoms with Crippen molar-refractivity contribution in [1.29, 1.82) is 0 Å². The molecule has 1 heterocycles. The van der Waals surface area contributed by atoms with Crippen molar-refractivity contribution in [3.63, 3.8) is 0 Å². The third-order valence-corrected chi connectivity index (χ3v) is 2.91. The zero-order chi connectivity index (χ0) is 11.4. The molecule has 86 valence electrons. The van der Waals surface area contributed by atoms with E-state index in [-0.39, 0.29) is 0 Å². The van der Waals surface area contributed by atoms with Gasteiger partial charge in [0.2, 0.25) is 6.41 Å². The fourth-order valence-corrected chi connectivity index (χ4v) is 2.02. The van der Waals surface area contributed by atoms with Crippen molar-refractivity contribution in [3.05, 3.63) is 24.3 Å². The summed E-state index contributed by atoms with van der Waals surface area (Å²) in [5, 5.41) is 0. The number of hydrogen-bond acceptors (Lipinski definition) is 3. The lowest BCUT2D eigenvalue weighted by Crippen LogP contribution is -2.29. The number of carbonyl (C=O) groups is 1. The first kappa shape index (κ1) is 10.8. The molecule has 1 amide bonds. The number of hydrogen-bond donors (Lipinski definition) is 1. The fourth-order valence-electron chi connectivity index (χ4n) is 2.02. The van der Waals surface area contributed by atoms with E-state index < -0.39 is 0 Å². The predicted molar refractivity (Wildman–Crippen MR) is 65.3 cm³/mol. The van der Waals surface area contributed by atoms with Gasteiger partial charge < -0.3 is 15.5 Å². The molecular formula is C12H17N3O. The van der Waals surface area contributed by atoms with Crippen LogP contribution in [-0.2, 0) is 4.79 Å². The molecule has 1 aromatic carbocycles. The topological polar surface area (TPSA) is 49.6 Å². The molecule has 1 fully saturated rings. The Morgan fingerprint density at radius 1 is 1.19 bits per heavy atom. The molecule has 16 heavy (non-hydrogen) atoms. The average Bonchev–Trinajstić information content (AvgIpc) is 2.54. The van der Waals surface area contributed by atoms with E-state index in [0.29, 0.717) is 0 Å². The zero-order valence-corrected chi connectivity index (χ0v) is 9.30. The zero-order valence-electron chi connectivity index (χ0n) is 9.30. The predicted octanol–water partition coefficient (Wildman–Crippen LogP) is 0.937. The van der Waals surface area contributed by atoms with Crippen LogP contribution in [0, 0.1) is 0 Å². The van der Waals surface area contributed by atoms with Gasteiger partial charge in [0.05, 0.1) is 0 Å². The van der Waals surface area contributed by atoms with E-state index in [1.165, 1.54) is 0 Å². The Morgan fingerprint density at radius 3 is 2.81 bits per heavy atom. The van der Waals surface area contributed by atoms with Gasteiger partial charge in [0, 0.05) is 37.6 Å². The molecule has 0 aromatic heterocycles.